The largest absolute Gasteiger partial charge is 0.418 e. The zero-order valence-corrected chi connectivity index (χ0v) is 11.2. The Morgan fingerprint density at radius 2 is 2.00 bits per heavy atom. The highest BCUT2D eigenvalue weighted by atomic mass is 19.4. The minimum Gasteiger partial charge on any atom is -0.380 e. The second-order valence-corrected chi connectivity index (χ2v) is 4.99. The molecule has 9 heteroatoms. The summed E-state index contributed by atoms with van der Waals surface area (Å²) in [5.74, 6) is -0.551. The molecule has 2 aromatic rings. The molecule has 1 aromatic carbocycles. The SMILES string of the molecule is N#Cc1cccc(-n2cc(C(F)(F)F)c3c2NC(F)(F)[C@H]3O)c1. The molecule has 0 fully saturated rings. The molecule has 1 atom stereocenters. The van der Waals surface area contributed by atoms with E-state index in [1.807, 2.05) is 6.07 Å². The fourth-order valence-corrected chi connectivity index (χ4v) is 2.49. The number of nitrogens with one attached hydrogen (secondary N) is 1. The zero-order valence-electron chi connectivity index (χ0n) is 11.2. The molecule has 0 amide bonds. The molecule has 0 unspecified atom stereocenters. The van der Waals surface area contributed by atoms with E-state index >= 15 is 0 Å². The summed E-state index contributed by atoms with van der Waals surface area (Å²) in [4.78, 5) is 0. The number of fused-ring (bicyclic) bond motifs is 1. The van der Waals surface area contributed by atoms with Gasteiger partial charge in [-0.1, -0.05) is 6.07 Å². The van der Waals surface area contributed by atoms with Crippen LogP contribution in [0.1, 0.15) is 22.8 Å². The van der Waals surface area contributed by atoms with E-state index in [9.17, 15) is 27.1 Å². The van der Waals surface area contributed by atoms with E-state index in [2.05, 4.69) is 0 Å². The first-order valence-corrected chi connectivity index (χ1v) is 6.32. The lowest BCUT2D eigenvalue weighted by Gasteiger charge is -2.17. The van der Waals surface area contributed by atoms with Gasteiger partial charge in [0.2, 0.25) is 0 Å². The van der Waals surface area contributed by atoms with Crippen molar-refractivity contribution in [1.82, 2.24) is 4.57 Å². The molecule has 0 spiro atoms. The molecule has 2 N–H and O–H groups in total. The Bertz CT molecular complexity index is 819. The van der Waals surface area contributed by atoms with E-state index in [0.717, 1.165) is 4.57 Å². The first-order chi connectivity index (χ1) is 10.6. The number of rotatable bonds is 1. The van der Waals surface area contributed by atoms with Gasteiger partial charge in [0, 0.05) is 17.4 Å². The maximum Gasteiger partial charge on any atom is 0.418 e. The molecule has 1 aromatic heterocycles. The van der Waals surface area contributed by atoms with Gasteiger partial charge in [-0.05, 0) is 18.2 Å². The van der Waals surface area contributed by atoms with Crippen molar-refractivity contribution in [3.63, 3.8) is 0 Å². The summed E-state index contributed by atoms with van der Waals surface area (Å²) in [6.45, 7) is 0. The molecule has 3 rings (SSSR count). The quantitative estimate of drug-likeness (QED) is 0.622. The van der Waals surface area contributed by atoms with Gasteiger partial charge in [-0.15, -0.1) is 0 Å². The third-order valence-corrected chi connectivity index (χ3v) is 3.51. The molecule has 23 heavy (non-hydrogen) atoms. The Balaban J connectivity index is 2.25. The van der Waals surface area contributed by atoms with Crippen LogP contribution in [0.15, 0.2) is 30.5 Å². The molecule has 0 saturated heterocycles. The fourth-order valence-electron chi connectivity index (χ4n) is 2.49. The number of hydrogen-bond acceptors (Lipinski definition) is 3. The minimum absolute atomic E-state index is 0.0909. The average Bonchev–Trinajstić information content (AvgIpc) is 2.94. The number of aliphatic hydroxyl groups is 1. The van der Waals surface area contributed by atoms with Crippen molar-refractivity contribution in [1.29, 1.82) is 5.26 Å². The van der Waals surface area contributed by atoms with Crippen LogP contribution in [0.5, 0.6) is 0 Å². The summed E-state index contributed by atoms with van der Waals surface area (Å²) in [6, 6.07) is 3.36. The van der Waals surface area contributed by atoms with Crippen molar-refractivity contribution < 1.29 is 27.1 Å². The van der Waals surface area contributed by atoms with Crippen LogP contribution in [0.25, 0.3) is 5.69 Å². The average molecular weight is 329 g/mol. The third kappa shape index (κ3) is 2.31. The Morgan fingerprint density at radius 3 is 2.61 bits per heavy atom. The molecule has 0 aliphatic carbocycles. The number of hydrogen-bond donors (Lipinski definition) is 2. The Hall–Kier alpha value is -2.60. The standard InChI is InChI=1S/C14H8F5N3O/c15-13(16,17)9-6-22(8-3-1-2-7(4-8)5-20)12-10(9)11(23)14(18,19)21-12/h1-4,6,11,21,23H/t11-/m0/s1. The van der Waals surface area contributed by atoms with Gasteiger partial charge in [-0.3, -0.25) is 0 Å². The number of nitrogens with zero attached hydrogens (tertiary/aromatic N) is 2. The molecule has 1 aliphatic heterocycles. The maximum absolute atomic E-state index is 13.6. The lowest BCUT2D eigenvalue weighted by molar-refractivity contribution is -0.141. The van der Waals surface area contributed by atoms with E-state index in [1.165, 1.54) is 24.3 Å². The van der Waals surface area contributed by atoms with Crippen LogP contribution in [-0.2, 0) is 6.18 Å². The number of halogens is 5. The van der Waals surface area contributed by atoms with E-state index in [4.69, 9.17) is 5.26 Å². The summed E-state index contributed by atoms with van der Waals surface area (Å²) >= 11 is 0. The monoisotopic (exact) mass is 329 g/mol. The van der Waals surface area contributed by atoms with E-state index in [-0.39, 0.29) is 11.3 Å². The normalized spacial score (nSPS) is 19.1. The Kier molecular flexibility index (Phi) is 3.12. The van der Waals surface area contributed by atoms with Gasteiger partial charge in [-0.2, -0.15) is 27.2 Å². The van der Waals surface area contributed by atoms with E-state index < -0.39 is 35.3 Å². The molecule has 120 valence electrons. The predicted octanol–water partition coefficient (Wildman–Crippen LogP) is 3.42. The first-order valence-electron chi connectivity index (χ1n) is 6.32. The predicted molar refractivity (Wildman–Crippen MR) is 69.0 cm³/mol. The highest BCUT2D eigenvalue weighted by molar-refractivity contribution is 5.64. The van der Waals surface area contributed by atoms with Crippen molar-refractivity contribution in [2.75, 3.05) is 5.32 Å². The summed E-state index contributed by atoms with van der Waals surface area (Å²) in [5.41, 5.74) is -2.02. The van der Waals surface area contributed by atoms with Crippen molar-refractivity contribution in [2.24, 2.45) is 0 Å². The summed E-state index contributed by atoms with van der Waals surface area (Å²) in [7, 11) is 0. The second kappa shape index (κ2) is 4.70. The number of aliphatic hydroxyl groups excluding tert-OH is 1. The van der Waals surface area contributed by atoms with E-state index in [0.29, 0.717) is 6.20 Å². The maximum atomic E-state index is 13.6. The molecular weight excluding hydrogens is 321 g/mol. The lowest BCUT2D eigenvalue weighted by Crippen LogP contribution is -2.30. The third-order valence-electron chi connectivity index (χ3n) is 3.51. The molecule has 0 radical (unpaired) electrons. The zero-order chi connectivity index (χ0) is 17.0. The van der Waals surface area contributed by atoms with Gasteiger partial charge < -0.3 is 15.0 Å². The fraction of sp³-hybridized carbons (Fsp3) is 0.214. The molecule has 4 nitrogen and oxygen atoms in total. The highest BCUT2D eigenvalue weighted by Crippen LogP contribution is 2.50. The second-order valence-electron chi connectivity index (χ2n) is 4.99. The van der Waals surface area contributed by atoms with Crippen LogP contribution in [-0.4, -0.2) is 15.7 Å². The molecular formula is C14H8F5N3O. The summed E-state index contributed by atoms with van der Waals surface area (Å²) < 4.78 is 67.3. The number of alkyl halides is 5. The van der Waals surface area contributed by atoms with E-state index in [1.54, 1.807) is 5.32 Å². The lowest BCUT2D eigenvalue weighted by atomic mass is 10.1. The summed E-state index contributed by atoms with van der Waals surface area (Å²) in [6.07, 6.45) is -6.91. The van der Waals surface area contributed by atoms with Crippen LogP contribution in [0.4, 0.5) is 27.8 Å². The number of benzene rings is 1. The Labute approximate surface area is 126 Å². The smallest absolute Gasteiger partial charge is 0.380 e. The first kappa shape index (κ1) is 15.3. The number of nitriles is 1. The van der Waals surface area contributed by atoms with Gasteiger partial charge in [0.1, 0.15) is 5.82 Å². The van der Waals surface area contributed by atoms with Crippen LogP contribution in [0.3, 0.4) is 0 Å². The summed E-state index contributed by atoms with van der Waals surface area (Å²) in [5, 5.41) is 20.0. The van der Waals surface area contributed by atoms with Crippen LogP contribution in [0.2, 0.25) is 0 Å². The number of anilines is 1. The van der Waals surface area contributed by atoms with Gasteiger partial charge >= 0.3 is 12.2 Å². The molecule has 0 bridgehead atoms. The van der Waals surface area contributed by atoms with Crippen LogP contribution >= 0.6 is 0 Å². The van der Waals surface area contributed by atoms with Gasteiger partial charge in [0.15, 0.2) is 6.10 Å². The van der Waals surface area contributed by atoms with Gasteiger partial charge in [-0.25, -0.2) is 0 Å². The van der Waals surface area contributed by atoms with Crippen molar-refractivity contribution >= 4 is 5.82 Å². The van der Waals surface area contributed by atoms with Crippen LogP contribution in [0, 0.1) is 11.3 Å². The topological polar surface area (TPSA) is 61.0 Å². The van der Waals surface area contributed by atoms with Gasteiger partial charge in [0.25, 0.3) is 0 Å². The molecule has 0 saturated carbocycles. The van der Waals surface area contributed by atoms with Crippen molar-refractivity contribution in [2.45, 2.75) is 18.3 Å². The minimum atomic E-state index is -4.91. The van der Waals surface area contributed by atoms with Crippen LogP contribution < -0.4 is 5.32 Å². The Morgan fingerprint density at radius 1 is 1.30 bits per heavy atom. The number of aromatic nitrogens is 1. The van der Waals surface area contributed by atoms with Crippen molar-refractivity contribution in [3.05, 3.63) is 47.2 Å². The van der Waals surface area contributed by atoms with Gasteiger partial charge in [0.05, 0.1) is 17.2 Å². The molecule has 1 aliphatic rings. The molecule has 2 heterocycles. The highest BCUT2D eigenvalue weighted by Gasteiger charge is 2.53. The van der Waals surface area contributed by atoms with Crippen molar-refractivity contribution in [3.8, 4) is 11.8 Å².